The zero-order valence-corrected chi connectivity index (χ0v) is 32.6. The van der Waals surface area contributed by atoms with E-state index in [2.05, 4.69) is 0 Å². The molecule has 300 valence electrons. The van der Waals surface area contributed by atoms with Crippen molar-refractivity contribution in [1.29, 1.82) is 0 Å². The maximum Gasteiger partial charge on any atom is 0.338 e. The van der Waals surface area contributed by atoms with Gasteiger partial charge in [-0.15, -0.1) is 11.6 Å². The number of furan rings is 1. The van der Waals surface area contributed by atoms with Gasteiger partial charge in [-0.25, -0.2) is 4.79 Å². The van der Waals surface area contributed by atoms with Crippen LogP contribution in [0.4, 0.5) is 0 Å². The minimum atomic E-state index is -2.89. The van der Waals surface area contributed by atoms with Gasteiger partial charge in [-0.05, 0) is 37.7 Å². The van der Waals surface area contributed by atoms with Crippen molar-refractivity contribution < 1.29 is 72.5 Å². The number of ether oxygens (including phenoxy) is 5. The largest absolute Gasteiger partial charge is 0.472 e. The van der Waals surface area contributed by atoms with Crippen LogP contribution in [0.3, 0.4) is 0 Å². The molecule has 11 unspecified atom stereocenters. The first kappa shape index (κ1) is 41.7. The van der Waals surface area contributed by atoms with Crippen LogP contribution in [-0.4, -0.2) is 98.9 Å². The van der Waals surface area contributed by atoms with E-state index in [0.717, 1.165) is 14.0 Å². The summed E-state index contributed by atoms with van der Waals surface area (Å²) in [5, 5.41) is 52.3. The fourth-order valence-corrected chi connectivity index (χ4v) is 10.7. The SMILES string of the molecule is COC(=O)CC1C2(C)CCC(O)(C2OC(C)=O)C2OC(=O)/C(=C(\OC(=O)CCl)C(C)C)C3C(C)(C(OC(C)=O)c4ccoc4)CCC(O)(C1(C)CO)C32O. The Balaban J connectivity index is 1.99. The smallest absolute Gasteiger partial charge is 0.338 e. The number of aliphatic hydroxyl groups is 4. The van der Waals surface area contributed by atoms with Gasteiger partial charge in [0.15, 0.2) is 6.10 Å². The number of hydrogen-bond acceptors (Lipinski definition) is 15. The fraction of sp³-hybridized carbons (Fsp3) is 0.711. The van der Waals surface area contributed by atoms with Crippen LogP contribution in [0.5, 0.6) is 0 Å². The molecular weight excluding hydrogens is 732 g/mol. The minimum absolute atomic E-state index is 0.0131. The van der Waals surface area contributed by atoms with E-state index in [-0.39, 0.29) is 31.4 Å². The number of carbonyl (C=O) groups excluding carboxylic acids is 5. The first-order valence-electron chi connectivity index (χ1n) is 18.0. The van der Waals surface area contributed by atoms with Crippen molar-refractivity contribution in [2.75, 3.05) is 19.6 Å². The van der Waals surface area contributed by atoms with E-state index in [1.807, 2.05) is 0 Å². The molecule has 4 N–H and O–H groups in total. The molecule has 4 aliphatic rings. The summed E-state index contributed by atoms with van der Waals surface area (Å²) in [5.41, 5.74) is -12.9. The molecule has 0 amide bonds. The fourth-order valence-electron chi connectivity index (χ4n) is 10.7. The molecular formula is C38H51ClO15. The molecule has 1 aliphatic heterocycles. The average molecular weight is 783 g/mol. The molecule has 5 rings (SSSR count). The lowest BCUT2D eigenvalue weighted by molar-refractivity contribution is -0.369. The van der Waals surface area contributed by atoms with E-state index in [4.69, 9.17) is 39.7 Å². The third-order valence-electron chi connectivity index (χ3n) is 13.1. The standard InChI is InChI=1S/C38H51ClO15/c1-19(2)27(53-25(44)16-39)26-28-34(6,29(51-20(3)41)22-9-14-50-17-22)11-13-37(47)35(7,18-40)23(15-24(43)49-8)33(5)10-12-36(46,31(33)52-21(4)42)32(38(28,37)48)54-30(26)45/h9,14,17,19,23,28-29,31-32,40,46-48H,10-13,15-16,18H2,1-8H3/b27-26-. The molecule has 0 aromatic carbocycles. The maximum atomic E-state index is 14.8. The Bertz CT molecular complexity index is 1710. The number of methoxy groups -OCH3 is 1. The van der Waals surface area contributed by atoms with Crippen LogP contribution >= 0.6 is 11.6 Å². The van der Waals surface area contributed by atoms with Crippen molar-refractivity contribution in [1.82, 2.24) is 0 Å². The Kier molecular flexibility index (Phi) is 11.0. The van der Waals surface area contributed by atoms with E-state index in [0.29, 0.717) is 5.56 Å². The molecule has 2 bridgehead atoms. The van der Waals surface area contributed by atoms with E-state index in [9.17, 15) is 44.4 Å². The van der Waals surface area contributed by atoms with Crippen molar-refractivity contribution >= 4 is 41.4 Å². The second-order valence-corrected chi connectivity index (χ2v) is 16.7. The van der Waals surface area contributed by atoms with Gasteiger partial charge in [0.1, 0.15) is 40.7 Å². The van der Waals surface area contributed by atoms with Crippen LogP contribution in [0.15, 0.2) is 34.3 Å². The number of hydrogen-bond donors (Lipinski definition) is 4. The molecule has 1 aromatic rings. The summed E-state index contributed by atoms with van der Waals surface area (Å²) in [6.07, 6.45) is -3.56. The van der Waals surface area contributed by atoms with E-state index < -0.39 is 123 Å². The zero-order valence-electron chi connectivity index (χ0n) is 31.8. The Labute approximate surface area is 318 Å². The van der Waals surface area contributed by atoms with E-state index in [1.165, 1.54) is 32.4 Å². The number of alkyl halides is 1. The van der Waals surface area contributed by atoms with Crippen LogP contribution in [0, 0.1) is 34.0 Å². The molecule has 11 atom stereocenters. The highest BCUT2D eigenvalue weighted by Gasteiger charge is 2.84. The topological polar surface area (TPSA) is 226 Å². The van der Waals surface area contributed by atoms with Gasteiger partial charge < -0.3 is 48.5 Å². The van der Waals surface area contributed by atoms with Crippen LogP contribution in [0.25, 0.3) is 0 Å². The third-order valence-corrected chi connectivity index (χ3v) is 13.3. The van der Waals surface area contributed by atoms with Crippen molar-refractivity contribution in [2.45, 2.75) is 116 Å². The monoisotopic (exact) mass is 782 g/mol. The third kappa shape index (κ3) is 5.87. The highest BCUT2D eigenvalue weighted by atomic mass is 35.5. The van der Waals surface area contributed by atoms with Gasteiger partial charge in [-0.2, -0.15) is 0 Å². The molecule has 1 saturated heterocycles. The molecule has 2 heterocycles. The Morgan fingerprint density at radius 3 is 2.19 bits per heavy atom. The Hall–Kier alpha value is -3.50. The van der Waals surface area contributed by atoms with Gasteiger partial charge in [0.25, 0.3) is 0 Å². The first-order valence-corrected chi connectivity index (χ1v) is 18.5. The Morgan fingerprint density at radius 2 is 1.67 bits per heavy atom. The van der Waals surface area contributed by atoms with Crippen molar-refractivity contribution in [3.63, 3.8) is 0 Å². The van der Waals surface area contributed by atoms with Gasteiger partial charge in [0.05, 0.1) is 31.8 Å². The van der Waals surface area contributed by atoms with Gasteiger partial charge >= 0.3 is 29.8 Å². The van der Waals surface area contributed by atoms with Gasteiger partial charge in [0, 0.05) is 53.9 Å². The van der Waals surface area contributed by atoms with Crippen molar-refractivity contribution in [2.24, 2.45) is 34.0 Å². The summed E-state index contributed by atoms with van der Waals surface area (Å²) in [6, 6.07) is 1.53. The molecule has 3 aliphatic carbocycles. The summed E-state index contributed by atoms with van der Waals surface area (Å²) in [6.45, 7) is 9.35. The minimum Gasteiger partial charge on any atom is -0.472 e. The molecule has 16 heteroatoms. The highest BCUT2D eigenvalue weighted by Crippen LogP contribution is 2.73. The number of halogens is 1. The van der Waals surface area contributed by atoms with Gasteiger partial charge in [-0.1, -0.05) is 34.6 Å². The second kappa shape index (κ2) is 14.2. The van der Waals surface area contributed by atoms with E-state index >= 15 is 0 Å². The number of allylic oxidation sites excluding steroid dienone is 1. The van der Waals surface area contributed by atoms with Gasteiger partial charge in [-0.3, -0.25) is 19.2 Å². The lowest BCUT2D eigenvalue weighted by Crippen LogP contribution is -2.85. The highest BCUT2D eigenvalue weighted by molar-refractivity contribution is 6.26. The maximum absolute atomic E-state index is 14.8. The van der Waals surface area contributed by atoms with E-state index in [1.54, 1.807) is 27.7 Å². The summed E-state index contributed by atoms with van der Waals surface area (Å²) in [4.78, 5) is 66.6. The predicted octanol–water partition coefficient (Wildman–Crippen LogP) is 3.03. The number of fused-ring (bicyclic) bond motifs is 3. The molecule has 3 saturated carbocycles. The predicted molar refractivity (Wildman–Crippen MR) is 186 cm³/mol. The average Bonchev–Trinajstić information content (AvgIpc) is 3.73. The van der Waals surface area contributed by atoms with Crippen molar-refractivity contribution in [3.8, 4) is 0 Å². The molecule has 15 nitrogen and oxygen atoms in total. The van der Waals surface area contributed by atoms with Gasteiger partial charge in [0.2, 0.25) is 0 Å². The number of esters is 5. The summed E-state index contributed by atoms with van der Waals surface area (Å²) in [7, 11) is 1.16. The van der Waals surface area contributed by atoms with Crippen LogP contribution in [-0.2, 0) is 47.7 Å². The summed E-state index contributed by atoms with van der Waals surface area (Å²) < 4.78 is 34.2. The summed E-state index contributed by atoms with van der Waals surface area (Å²) in [5.74, 6) is -9.00. The number of aliphatic hydroxyl groups excluding tert-OH is 1. The number of carbonyl (C=O) groups is 5. The quantitative estimate of drug-likeness (QED) is 0.0880. The van der Waals surface area contributed by atoms with Crippen LogP contribution in [0.1, 0.15) is 92.2 Å². The molecule has 0 spiro atoms. The zero-order chi connectivity index (χ0) is 40.4. The first-order chi connectivity index (χ1) is 25.1. The van der Waals surface area contributed by atoms with Crippen molar-refractivity contribution in [3.05, 3.63) is 35.5 Å². The number of rotatable bonds is 10. The normalized spacial score (nSPS) is 40.0. The van der Waals surface area contributed by atoms with Crippen LogP contribution < -0.4 is 0 Å². The summed E-state index contributed by atoms with van der Waals surface area (Å²) >= 11 is 5.86. The molecule has 1 aromatic heterocycles. The lowest BCUT2D eigenvalue weighted by atomic mass is 9.39. The lowest BCUT2D eigenvalue weighted by Gasteiger charge is -2.71. The molecule has 4 fully saturated rings. The molecule has 0 radical (unpaired) electrons. The molecule has 54 heavy (non-hydrogen) atoms. The second-order valence-electron chi connectivity index (χ2n) is 16.4. The Morgan fingerprint density at radius 1 is 1.00 bits per heavy atom. The van der Waals surface area contributed by atoms with Crippen LogP contribution in [0.2, 0.25) is 0 Å².